The Kier molecular flexibility index (Phi) is 6.12. The van der Waals surface area contributed by atoms with Crippen LogP contribution in [0.2, 0.25) is 0 Å². The summed E-state index contributed by atoms with van der Waals surface area (Å²) in [4.78, 5) is 25.2. The first-order valence-corrected chi connectivity index (χ1v) is 9.43. The Balaban J connectivity index is 1.44. The van der Waals surface area contributed by atoms with Crippen LogP contribution in [0.15, 0.2) is 48.5 Å². The fourth-order valence-electron chi connectivity index (χ4n) is 3.50. The molecule has 1 aliphatic heterocycles. The Morgan fingerprint density at radius 1 is 1.11 bits per heavy atom. The first kappa shape index (κ1) is 19.0. The zero-order chi connectivity index (χ0) is 19.2. The van der Waals surface area contributed by atoms with Gasteiger partial charge < -0.3 is 15.4 Å². The first-order chi connectivity index (χ1) is 13.0. The number of benzene rings is 2. The molecule has 5 nitrogen and oxygen atoms in total. The molecular formula is C22H26N2O3. The van der Waals surface area contributed by atoms with Gasteiger partial charge in [0.1, 0.15) is 5.75 Å². The molecule has 0 bridgehead atoms. The Morgan fingerprint density at radius 2 is 1.81 bits per heavy atom. The Hall–Kier alpha value is -2.82. The van der Waals surface area contributed by atoms with E-state index in [1.165, 1.54) is 11.1 Å². The summed E-state index contributed by atoms with van der Waals surface area (Å²) in [5, 5.41) is 0. The zero-order valence-electron chi connectivity index (χ0n) is 15.7. The van der Waals surface area contributed by atoms with Gasteiger partial charge in [0.25, 0.3) is 0 Å². The monoisotopic (exact) mass is 366 g/mol. The van der Waals surface area contributed by atoms with Crippen molar-refractivity contribution in [3.63, 3.8) is 0 Å². The van der Waals surface area contributed by atoms with Crippen molar-refractivity contribution >= 4 is 12.0 Å². The smallest absolute Gasteiger partial charge is 0.410 e. The third-order valence-electron chi connectivity index (χ3n) is 5.14. The van der Waals surface area contributed by atoms with Gasteiger partial charge in [-0.3, -0.25) is 4.79 Å². The standard InChI is InChI=1S/C22H26N2O3/c1-16-3-2-4-18(15-16)6-5-17-11-13-24(14-12-17)22(26)27-20-9-7-19(8-10-20)21(23)25/h2-4,7-10,15,17H,5-6,11-14H2,1H3,(H2,23,25). The summed E-state index contributed by atoms with van der Waals surface area (Å²) in [5.41, 5.74) is 8.29. The average Bonchev–Trinajstić information content (AvgIpc) is 2.67. The van der Waals surface area contributed by atoms with E-state index in [1.807, 2.05) is 0 Å². The van der Waals surface area contributed by atoms with Crippen LogP contribution in [0.25, 0.3) is 0 Å². The van der Waals surface area contributed by atoms with Gasteiger partial charge in [-0.2, -0.15) is 0 Å². The summed E-state index contributed by atoms with van der Waals surface area (Å²) in [7, 11) is 0. The topological polar surface area (TPSA) is 72.6 Å². The van der Waals surface area contributed by atoms with Crippen molar-refractivity contribution in [1.82, 2.24) is 4.90 Å². The van der Waals surface area contributed by atoms with Crippen LogP contribution in [0.5, 0.6) is 5.75 Å². The van der Waals surface area contributed by atoms with Gasteiger partial charge in [0.15, 0.2) is 0 Å². The second-order valence-electron chi connectivity index (χ2n) is 7.21. The molecule has 0 aliphatic carbocycles. The lowest BCUT2D eigenvalue weighted by Crippen LogP contribution is -2.40. The maximum Gasteiger partial charge on any atom is 0.415 e. The van der Waals surface area contributed by atoms with E-state index in [0.717, 1.165) is 38.8 Å². The fourth-order valence-corrected chi connectivity index (χ4v) is 3.50. The number of hydrogen-bond donors (Lipinski definition) is 1. The number of amides is 2. The molecule has 2 aromatic rings. The maximum atomic E-state index is 12.3. The van der Waals surface area contributed by atoms with Crippen LogP contribution in [0, 0.1) is 12.8 Å². The highest BCUT2D eigenvalue weighted by Gasteiger charge is 2.24. The Morgan fingerprint density at radius 3 is 2.44 bits per heavy atom. The largest absolute Gasteiger partial charge is 0.415 e. The number of piperidine rings is 1. The number of likely N-dealkylation sites (tertiary alicyclic amines) is 1. The van der Waals surface area contributed by atoms with Crippen molar-refractivity contribution in [1.29, 1.82) is 0 Å². The van der Waals surface area contributed by atoms with Crippen molar-refractivity contribution in [2.45, 2.75) is 32.6 Å². The highest BCUT2D eigenvalue weighted by atomic mass is 16.6. The van der Waals surface area contributed by atoms with Crippen LogP contribution >= 0.6 is 0 Å². The minimum absolute atomic E-state index is 0.334. The van der Waals surface area contributed by atoms with Crippen molar-refractivity contribution in [2.24, 2.45) is 11.7 Å². The number of rotatable bonds is 5. The molecule has 3 rings (SSSR count). The summed E-state index contributed by atoms with van der Waals surface area (Å²) >= 11 is 0. The number of carbonyl (C=O) groups is 2. The van der Waals surface area contributed by atoms with E-state index in [4.69, 9.17) is 10.5 Å². The van der Waals surface area contributed by atoms with Gasteiger partial charge in [-0.15, -0.1) is 0 Å². The van der Waals surface area contributed by atoms with Crippen LogP contribution in [-0.4, -0.2) is 30.0 Å². The van der Waals surface area contributed by atoms with Gasteiger partial charge in [0.2, 0.25) is 5.91 Å². The minimum Gasteiger partial charge on any atom is -0.410 e. The molecule has 0 atom stereocenters. The molecule has 5 heteroatoms. The molecule has 2 amide bonds. The molecule has 0 radical (unpaired) electrons. The molecule has 1 fully saturated rings. The normalized spacial score (nSPS) is 14.8. The van der Waals surface area contributed by atoms with Crippen LogP contribution < -0.4 is 10.5 Å². The number of aryl methyl sites for hydroxylation is 2. The van der Waals surface area contributed by atoms with Crippen molar-refractivity contribution in [3.05, 3.63) is 65.2 Å². The van der Waals surface area contributed by atoms with E-state index in [1.54, 1.807) is 29.2 Å². The predicted molar refractivity (Wildman–Crippen MR) is 105 cm³/mol. The molecular weight excluding hydrogens is 340 g/mol. The predicted octanol–water partition coefficient (Wildman–Crippen LogP) is 3.94. The number of nitrogens with zero attached hydrogens (tertiary/aromatic N) is 1. The van der Waals surface area contributed by atoms with Crippen LogP contribution in [0.1, 0.15) is 40.7 Å². The summed E-state index contributed by atoms with van der Waals surface area (Å²) in [6, 6.07) is 15.0. The zero-order valence-corrected chi connectivity index (χ0v) is 15.7. The molecule has 27 heavy (non-hydrogen) atoms. The molecule has 1 aliphatic rings. The van der Waals surface area contributed by atoms with Crippen molar-refractivity contribution in [2.75, 3.05) is 13.1 Å². The molecule has 2 N–H and O–H groups in total. The SMILES string of the molecule is Cc1cccc(CCC2CCN(C(=O)Oc3ccc(C(N)=O)cc3)CC2)c1. The third-order valence-corrected chi connectivity index (χ3v) is 5.14. The molecule has 2 aromatic carbocycles. The molecule has 1 saturated heterocycles. The van der Waals surface area contributed by atoms with Crippen LogP contribution in [-0.2, 0) is 6.42 Å². The third kappa shape index (κ3) is 5.33. The van der Waals surface area contributed by atoms with Gasteiger partial charge in [0, 0.05) is 18.7 Å². The quantitative estimate of drug-likeness (QED) is 0.871. The van der Waals surface area contributed by atoms with Gasteiger partial charge in [-0.05, 0) is 68.4 Å². The van der Waals surface area contributed by atoms with Crippen molar-refractivity contribution < 1.29 is 14.3 Å². The molecule has 1 heterocycles. The van der Waals surface area contributed by atoms with E-state index in [9.17, 15) is 9.59 Å². The highest BCUT2D eigenvalue weighted by Crippen LogP contribution is 2.24. The Labute approximate surface area is 160 Å². The van der Waals surface area contributed by atoms with Crippen LogP contribution in [0.4, 0.5) is 4.79 Å². The summed E-state index contributed by atoms with van der Waals surface area (Å²) in [5.74, 6) is 0.566. The van der Waals surface area contributed by atoms with E-state index >= 15 is 0 Å². The van der Waals surface area contributed by atoms with E-state index in [2.05, 4.69) is 31.2 Å². The van der Waals surface area contributed by atoms with Crippen molar-refractivity contribution in [3.8, 4) is 5.75 Å². The van der Waals surface area contributed by atoms with E-state index < -0.39 is 5.91 Å². The molecule has 0 saturated carbocycles. The first-order valence-electron chi connectivity index (χ1n) is 9.43. The van der Waals surface area contributed by atoms with Gasteiger partial charge >= 0.3 is 6.09 Å². The lowest BCUT2D eigenvalue weighted by atomic mass is 9.90. The maximum absolute atomic E-state index is 12.3. The number of carbonyl (C=O) groups excluding carboxylic acids is 2. The molecule has 0 spiro atoms. The van der Waals surface area contributed by atoms with Gasteiger partial charge in [-0.1, -0.05) is 29.8 Å². The fraction of sp³-hybridized carbons (Fsp3) is 0.364. The lowest BCUT2D eigenvalue weighted by Gasteiger charge is -2.31. The van der Waals surface area contributed by atoms with E-state index in [-0.39, 0.29) is 6.09 Å². The number of ether oxygens (including phenoxy) is 1. The number of nitrogens with two attached hydrogens (primary N) is 1. The second kappa shape index (κ2) is 8.71. The lowest BCUT2D eigenvalue weighted by molar-refractivity contribution is 0.100. The van der Waals surface area contributed by atoms with E-state index in [0.29, 0.717) is 17.2 Å². The molecule has 142 valence electrons. The summed E-state index contributed by atoms with van der Waals surface area (Å²) < 4.78 is 5.40. The average molecular weight is 366 g/mol. The highest BCUT2D eigenvalue weighted by molar-refractivity contribution is 5.92. The molecule has 0 aromatic heterocycles. The number of hydrogen-bond acceptors (Lipinski definition) is 3. The molecule has 0 unspecified atom stereocenters. The van der Waals surface area contributed by atoms with Gasteiger partial charge in [0.05, 0.1) is 0 Å². The van der Waals surface area contributed by atoms with Crippen LogP contribution in [0.3, 0.4) is 0 Å². The minimum atomic E-state index is -0.499. The second-order valence-corrected chi connectivity index (χ2v) is 7.21. The summed E-state index contributed by atoms with van der Waals surface area (Å²) in [6.07, 6.45) is 3.91. The number of primary amides is 1. The Bertz CT molecular complexity index is 793. The van der Waals surface area contributed by atoms with Gasteiger partial charge in [-0.25, -0.2) is 4.79 Å². The summed E-state index contributed by atoms with van der Waals surface area (Å²) in [6.45, 7) is 3.56.